The first-order valence-electron chi connectivity index (χ1n) is 4.85. The molecule has 1 aromatic carbocycles. The fourth-order valence-electron chi connectivity index (χ4n) is 1.40. The Morgan fingerprint density at radius 1 is 1.53 bits per heavy atom. The standard InChI is InChI=1S/C10H11BrN4OS/c1-15-5-8(13-14-15)6-17(16)10-3-2-7(11)4-9(10)12/h2-5H,6,12H2,1H3. The maximum absolute atomic E-state index is 12.1. The van der Waals surface area contributed by atoms with Crippen LogP contribution in [0.3, 0.4) is 0 Å². The molecule has 0 saturated heterocycles. The highest BCUT2D eigenvalue weighted by atomic mass is 79.9. The van der Waals surface area contributed by atoms with Crippen LogP contribution in [0, 0.1) is 0 Å². The van der Waals surface area contributed by atoms with E-state index in [2.05, 4.69) is 26.2 Å². The average molecular weight is 315 g/mol. The minimum atomic E-state index is -1.20. The third-order valence-electron chi connectivity index (χ3n) is 2.15. The molecule has 90 valence electrons. The number of nitrogen functional groups attached to an aromatic ring is 1. The van der Waals surface area contributed by atoms with E-state index in [4.69, 9.17) is 5.73 Å². The number of benzene rings is 1. The summed E-state index contributed by atoms with van der Waals surface area (Å²) < 4.78 is 14.5. The molecular weight excluding hydrogens is 304 g/mol. The molecule has 1 aromatic heterocycles. The Labute approximate surface area is 110 Å². The van der Waals surface area contributed by atoms with Gasteiger partial charge in [-0.05, 0) is 18.2 Å². The van der Waals surface area contributed by atoms with Gasteiger partial charge < -0.3 is 5.73 Å². The fourth-order valence-corrected chi connectivity index (χ4v) is 2.88. The number of aromatic nitrogens is 3. The van der Waals surface area contributed by atoms with Crippen molar-refractivity contribution in [2.45, 2.75) is 10.6 Å². The van der Waals surface area contributed by atoms with Gasteiger partial charge in [0.25, 0.3) is 0 Å². The molecule has 1 atom stereocenters. The number of rotatable bonds is 3. The van der Waals surface area contributed by atoms with Crippen molar-refractivity contribution < 1.29 is 4.21 Å². The summed E-state index contributed by atoms with van der Waals surface area (Å²) in [5, 5.41) is 7.69. The van der Waals surface area contributed by atoms with Gasteiger partial charge in [0.1, 0.15) is 0 Å². The van der Waals surface area contributed by atoms with Gasteiger partial charge in [-0.25, -0.2) is 0 Å². The van der Waals surface area contributed by atoms with Crippen LogP contribution < -0.4 is 5.73 Å². The van der Waals surface area contributed by atoms with Crippen molar-refractivity contribution in [3.8, 4) is 0 Å². The van der Waals surface area contributed by atoms with E-state index in [1.165, 1.54) is 0 Å². The Morgan fingerprint density at radius 3 is 2.88 bits per heavy atom. The summed E-state index contributed by atoms with van der Waals surface area (Å²) in [5.41, 5.74) is 7.02. The Hall–Kier alpha value is -1.21. The van der Waals surface area contributed by atoms with Crippen molar-refractivity contribution in [3.05, 3.63) is 34.6 Å². The second kappa shape index (κ2) is 4.97. The minimum absolute atomic E-state index is 0.319. The maximum Gasteiger partial charge on any atom is 0.0955 e. The zero-order valence-corrected chi connectivity index (χ0v) is 11.5. The van der Waals surface area contributed by atoms with Crippen LogP contribution in [-0.2, 0) is 23.6 Å². The Morgan fingerprint density at radius 2 is 2.29 bits per heavy atom. The lowest BCUT2D eigenvalue weighted by Gasteiger charge is -2.04. The predicted molar refractivity (Wildman–Crippen MR) is 69.7 cm³/mol. The summed E-state index contributed by atoms with van der Waals surface area (Å²) >= 11 is 3.31. The number of nitrogens with zero attached hydrogens (tertiary/aromatic N) is 3. The van der Waals surface area contributed by atoms with Gasteiger partial charge in [0.05, 0.1) is 27.1 Å². The van der Waals surface area contributed by atoms with Crippen LogP contribution >= 0.6 is 15.9 Å². The molecule has 7 heteroatoms. The van der Waals surface area contributed by atoms with Crippen molar-refractivity contribution in [1.82, 2.24) is 15.0 Å². The van der Waals surface area contributed by atoms with E-state index in [9.17, 15) is 4.21 Å². The van der Waals surface area contributed by atoms with Crippen LogP contribution in [0.4, 0.5) is 5.69 Å². The van der Waals surface area contributed by atoms with Crippen LogP contribution in [0.25, 0.3) is 0 Å². The monoisotopic (exact) mass is 314 g/mol. The van der Waals surface area contributed by atoms with Crippen molar-refractivity contribution in [3.63, 3.8) is 0 Å². The summed E-state index contributed by atoms with van der Waals surface area (Å²) in [5.74, 6) is 0.319. The molecule has 0 aliphatic rings. The van der Waals surface area contributed by atoms with Crippen LogP contribution in [0.2, 0.25) is 0 Å². The zero-order valence-electron chi connectivity index (χ0n) is 9.13. The van der Waals surface area contributed by atoms with Crippen LogP contribution in [0.1, 0.15) is 5.69 Å². The molecule has 1 unspecified atom stereocenters. The van der Waals surface area contributed by atoms with Crippen molar-refractivity contribution in [2.75, 3.05) is 5.73 Å². The van der Waals surface area contributed by atoms with E-state index >= 15 is 0 Å². The number of hydrogen-bond donors (Lipinski definition) is 1. The van der Waals surface area contributed by atoms with E-state index in [0.717, 1.165) is 4.47 Å². The lowest BCUT2D eigenvalue weighted by Crippen LogP contribution is -2.01. The molecule has 2 N–H and O–H groups in total. The van der Waals surface area contributed by atoms with Gasteiger partial charge in [-0.1, -0.05) is 21.1 Å². The second-order valence-electron chi connectivity index (χ2n) is 3.56. The quantitative estimate of drug-likeness (QED) is 0.871. The van der Waals surface area contributed by atoms with Crippen molar-refractivity contribution in [2.24, 2.45) is 7.05 Å². The number of halogens is 1. The van der Waals surface area contributed by atoms with Crippen LogP contribution in [-0.4, -0.2) is 19.2 Å². The van der Waals surface area contributed by atoms with Crippen LogP contribution in [0.15, 0.2) is 33.8 Å². The van der Waals surface area contributed by atoms with Crippen LogP contribution in [0.5, 0.6) is 0 Å². The SMILES string of the molecule is Cn1cc(CS(=O)c2ccc(Br)cc2N)nn1. The molecular formula is C10H11BrN4OS. The highest BCUT2D eigenvalue weighted by Crippen LogP contribution is 2.22. The number of aryl methyl sites for hydroxylation is 1. The lowest BCUT2D eigenvalue weighted by atomic mass is 10.3. The van der Waals surface area contributed by atoms with Gasteiger partial charge in [0.2, 0.25) is 0 Å². The maximum atomic E-state index is 12.1. The first-order chi connectivity index (χ1) is 8.06. The van der Waals surface area contributed by atoms with E-state index in [1.807, 2.05) is 6.07 Å². The molecule has 1 heterocycles. The molecule has 0 bridgehead atoms. The first-order valence-corrected chi connectivity index (χ1v) is 6.96. The topological polar surface area (TPSA) is 73.8 Å². The molecule has 5 nitrogen and oxygen atoms in total. The smallest absolute Gasteiger partial charge is 0.0955 e. The molecule has 17 heavy (non-hydrogen) atoms. The molecule has 0 aliphatic carbocycles. The lowest BCUT2D eigenvalue weighted by molar-refractivity contribution is 0.682. The molecule has 0 spiro atoms. The summed E-state index contributed by atoms with van der Waals surface area (Å²) in [7, 11) is 0.569. The number of nitrogens with two attached hydrogens (primary N) is 1. The van der Waals surface area contributed by atoms with Gasteiger partial charge in [-0.2, -0.15) is 0 Å². The van der Waals surface area contributed by atoms with Gasteiger partial charge in [0, 0.05) is 23.4 Å². The largest absolute Gasteiger partial charge is 0.398 e. The third kappa shape index (κ3) is 2.92. The van der Waals surface area contributed by atoms with Gasteiger partial charge in [-0.15, -0.1) is 5.10 Å². The van der Waals surface area contributed by atoms with Gasteiger partial charge in [0.15, 0.2) is 0 Å². The third-order valence-corrected chi connectivity index (χ3v) is 4.06. The second-order valence-corrected chi connectivity index (χ2v) is 5.89. The highest BCUT2D eigenvalue weighted by Gasteiger charge is 2.11. The summed E-state index contributed by atoms with van der Waals surface area (Å²) in [6.07, 6.45) is 1.74. The van der Waals surface area contributed by atoms with Gasteiger partial charge >= 0.3 is 0 Å². The normalized spacial score (nSPS) is 12.6. The average Bonchev–Trinajstić information content (AvgIpc) is 2.63. The molecule has 2 aromatic rings. The molecule has 0 fully saturated rings. The van der Waals surface area contributed by atoms with Crippen molar-refractivity contribution >= 4 is 32.4 Å². The Kier molecular flexibility index (Phi) is 3.58. The summed E-state index contributed by atoms with van der Waals surface area (Å²) in [4.78, 5) is 0.624. The first kappa shape index (κ1) is 12.3. The molecule has 0 saturated carbocycles. The number of hydrogen-bond acceptors (Lipinski definition) is 4. The minimum Gasteiger partial charge on any atom is -0.398 e. The van der Waals surface area contributed by atoms with E-state index in [0.29, 0.717) is 22.0 Å². The fraction of sp³-hybridized carbons (Fsp3) is 0.200. The molecule has 0 radical (unpaired) electrons. The van der Waals surface area contributed by atoms with E-state index < -0.39 is 10.8 Å². The Balaban J connectivity index is 2.20. The summed E-state index contributed by atoms with van der Waals surface area (Å²) in [6.45, 7) is 0. The molecule has 0 aliphatic heterocycles. The van der Waals surface area contributed by atoms with Crippen molar-refractivity contribution in [1.29, 1.82) is 0 Å². The van der Waals surface area contributed by atoms with Gasteiger partial charge in [-0.3, -0.25) is 8.89 Å². The van der Waals surface area contributed by atoms with E-state index in [-0.39, 0.29) is 0 Å². The summed E-state index contributed by atoms with van der Waals surface area (Å²) in [6, 6.07) is 5.32. The Bertz CT molecular complexity index is 569. The predicted octanol–water partition coefficient (Wildman–Crippen LogP) is 1.47. The highest BCUT2D eigenvalue weighted by molar-refractivity contribution is 9.10. The number of anilines is 1. The molecule has 0 amide bonds. The van der Waals surface area contributed by atoms with E-state index in [1.54, 1.807) is 30.1 Å². The molecule has 2 rings (SSSR count). The zero-order chi connectivity index (χ0) is 12.4.